The Bertz CT molecular complexity index is 1320. The van der Waals surface area contributed by atoms with Crippen molar-refractivity contribution in [1.82, 2.24) is 5.32 Å². The molecular formula is C25H27NO5. The number of hydrogen-bond donors (Lipinski definition) is 1. The highest BCUT2D eigenvalue weighted by Gasteiger charge is 2.23. The van der Waals surface area contributed by atoms with Gasteiger partial charge in [-0.05, 0) is 49.4 Å². The van der Waals surface area contributed by atoms with E-state index in [0.29, 0.717) is 29.9 Å². The predicted molar refractivity (Wildman–Crippen MR) is 119 cm³/mol. The van der Waals surface area contributed by atoms with Crippen LogP contribution in [0.15, 0.2) is 48.8 Å². The third-order valence-electron chi connectivity index (χ3n) is 5.79. The molecule has 0 saturated carbocycles. The second-order valence-corrected chi connectivity index (χ2v) is 9.00. The van der Waals surface area contributed by atoms with E-state index in [0.717, 1.165) is 33.0 Å². The molecule has 0 fully saturated rings. The van der Waals surface area contributed by atoms with Crippen LogP contribution in [-0.2, 0) is 23.2 Å². The summed E-state index contributed by atoms with van der Waals surface area (Å²) in [7, 11) is 0. The summed E-state index contributed by atoms with van der Waals surface area (Å²) in [4.78, 5) is 25.0. The summed E-state index contributed by atoms with van der Waals surface area (Å²) in [5.74, 6) is 0.538. The molecule has 0 aliphatic rings. The maximum atomic E-state index is 12.7. The molecule has 6 heteroatoms. The van der Waals surface area contributed by atoms with Crippen molar-refractivity contribution in [2.75, 3.05) is 0 Å². The molecule has 31 heavy (non-hydrogen) atoms. The van der Waals surface area contributed by atoms with Gasteiger partial charge in [0.15, 0.2) is 0 Å². The highest BCUT2D eigenvalue weighted by molar-refractivity contribution is 6.00. The Morgan fingerprint density at radius 2 is 1.84 bits per heavy atom. The normalized spacial score (nSPS) is 12.0. The van der Waals surface area contributed by atoms with Gasteiger partial charge in [-0.25, -0.2) is 4.79 Å². The maximum absolute atomic E-state index is 12.7. The monoisotopic (exact) mass is 421 g/mol. The summed E-state index contributed by atoms with van der Waals surface area (Å²) >= 11 is 0. The summed E-state index contributed by atoms with van der Waals surface area (Å²) in [5.41, 5.74) is 4.08. The van der Waals surface area contributed by atoms with Crippen molar-refractivity contribution in [2.24, 2.45) is 0 Å². The fourth-order valence-electron chi connectivity index (χ4n) is 3.99. The van der Waals surface area contributed by atoms with E-state index in [1.165, 1.54) is 0 Å². The zero-order valence-electron chi connectivity index (χ0n) is 18.5. The molecule has 3 aromatic heterocycles. The van der Waals surface area contributed by atoms with E-state index < -0.39 is 5.63 Å². The van der Waals surface area contributed by atoms with Crippen molar-refractivity contribution in [1.29, 1.82) is 0 Å². The van der Waals surface area contributed by atoms with Crippen molar-refractivity contribution in [3.8, 4) is 0 Å². The molecular weight excluding hydrogens is 394 g/mol. The largest absolute Gasteiger partial charge is 0.467 e. The average Bonchev–Trinajstić information content (AvgIpc) is 3.36. The van der Waals surface area contributed by atoms with Crippen LogP contribution in [-0.4, -0.2) is 5.91 Å². The number of rotatable bonds is 5. The number of carbonyl (C=O) groups excluding carboxylic acids is 1. The molecule has 4 aromatic rings. The Hall–Kier alpha value is -3.28. The van der Waals surface area contributed by atoms with E-state index in [2.05, 4.69) is 26.1 Å². The highest BCUT2D eigenvalue weighted by Crippen LogP contribution is 2.37. The van der Waals surface area contributed by atoms with Crippen LogP contribution < -0.4 is 10.9 Å². The molecule has 0 saturated heterocycles. The smallest absolute Gasteiger partial charge is 0.339 e. The van der Waals surface area contributed by atoms with E-state index in [1.807, 2.05) is 19.9 Å². The van der Waals surface area contributed by atoms with Gasteiger partial charge in [0.05, 0.1) is 19.1 Å². The first-order valence-electron chi connectivity index (χ1n) is 10.4. The predicted octanol–water partition coefficient (Wildman–Crippen LogP) is 5.30. The highest BCUT2D eigenvalue weighted by atomic mass is 16.4. The summed E-state index contributed by atoms with van der Waals surface area (Å²) in [6.07, 6.45) is 3.85. The number of hydrogen-bond acceptors (Lipinski definition) is 5. The second-order valence-electron chi connectivity index (χ2n) is 9.00. The van der Waals surface area contributed by atoms with Gasteiger partial charge in [-0.1, -0.05) is 20.8 Å². The number of benzene rings is 1. The maximum Gasteiger partial charge on any atom is 0.339 e. The molecule has 0 aliphatic heterocycles. The number of nitrogens with one attached hydrogen (secondary N) is 1. The first-order chi connectivity index (χ1) is 14.7. The van der Waals surface area contributed by atoms with Crippen molar-refractivity contribution >= 4 is 27.8 Å². The fraction of sp³-hybridized carbons (Fsp3) is 0.360. The molecule has 6 nitrogen and oxygen atoms in total. The van der Waals surface area contributed by atoms with Gasteiger partial charge in [0.2, 0.25) is 5.91 Å². The van der Waals surface area contributed by atoms with Crippen LogP contribution in [0.5, 0.6) is 0 Å². The average molecular weight is 421 g/mol. The summed E-state index contributed by atoms with van der Waals surface area (Å²) in [6.45, 7) is 10.6. The fourth-order valence-corrected chi connectivity index (χ4v) is 3.99. The van der Waals surface area contributed by atoms with Crippen LogP contribution in [0.25, 0.3) is 21.9 Å². The Balaban J connectivity index is 1.67. The molecule has 0 unspecified atom stereocenters. The summed E-state index contributed by atoms with van der Waals surface area (Å²) < 4.78 is 16.8. The molecule has 0 spiro atoms. The van der Waals surface area contributed by atoms with Crippen molar-refractivity contribution in [2.45, 2.75) is 59.4 Å². The minimum absolute atomic E-state index is 0.0796. The van der Waals surface area contributed by atoms with Crippen LogP contribution in [0.3, 0.4) is 0 Å². The number of amides is 1. The Morgan fingerprint density at radius 1 is 1.06 bits per heavy atom. The van der Waals surface area contributed by atoms with Crippen LogP contribution >= 0.6 is 0 Å². The molecule has 0 atom stereocenters. The molecule has 1 aromatic carbocycles. The van der Waals surface area contributed by atoms with Crippen molar-refractivity contribution < 1.29 is 18.0 Å². The lowest BCUT2D eigenvalue weighted by molar-refractivity contribution is -0.121. The molecule has 0 aliphatic carbocycles. The van der Waals surface area contributed by atoms with Gasteiger partial charge in [0.25, 0.3) is 0 Å². The van der Waals surface area contributed by atoms with Gasteiger partial charge < -0.3 is 18.6 Å². The second kappa shape index (κ2) is 7.76. The molecule has 4 rings (SSSR count). The SMILES string of the molecule is Cc1c(CCC(=O)NCc2ccco2)c(=O)oc2c(C)c3occ(C(C)(C)C)c3cc12. The first-order valence-corrected chi connectivity index (χ1v) is 10.4. The zero-order valence-corrected chi connectivity index (χ0v) is 18.5. The summed E-state index contributed by atoms with van der Waals surface area (Å²) in [5, 5.41) is 4.71. The van der Waals surface area contributed by atoms with Gasteiger partial charge in [-0.15, -0.1) is 0 Å². The molecule has 0 radical (unpaired) electrons. The molecule has 1 N–H and O–H groups in total. The topological polar surface area (TPSA) is 85.6 Å². The van der Waals surface area contributed by atoms with Gasteiger partial charge in [0, 0.05) is 33.9 Å². The van der Waals surface area contributed by atoms with Crippen molar-refractivity contribution in [3.63, 3.8) is 0 Å². The third-order valence-corrected chi connectivity index (χ3v) is 5.79. The lowest BCUT2D eigenvalue weighted by Gasteiger charge is -2.17. The lowest BCUT2D eigenvalue weighted by Crippen LogP contribution is -2.24. The molecule has 3 heterocycles. The Labute approximate surface area is 180 Å². The summed E-state index contributed by atoms with van der Waals surface area (Å²) in [6, 6.07) is 5.61. The van der Waals surface area contributed by atoms with E-state index >= 15 is 0 Å². The molecule has 0 bridgehead atoms. The molecule has 162 valence electrons. The third kappa shape index (κ3) is 3.90. The number of furan rings is 2. The Kier molecular flexibility index (Phi) is 5.25. The minimum Gasteiger partial charge on any atom is -0.467 e. The van der Waals surface area contributed by atoms with Gasteiger partial charge in [-0.3, -0.25) is 4.79 Å². The standard InChI is InChI=1S/C25H27NO5/c1-14-17(8-9-21(27)26-12-16-7-6-10-29-16)24(28)31-23-15(2)22-19(11-18(14)23)20(13-30-22)25(3,4)5/h6-7,10-11,13H,8-9,12H2,1-5H3,(H,26,27). The van der Waals surface area contributed by atoms with Gasteiger partial charge >= 0.3 is 5.63 Å². The van der Waals surface area contributed by atoms with E-state index in [1.54, 1.807) is 24.7 Å². The van der Waals surface area contributed by atoms with Crippen molar-refractivity contribution in [3.05, 3.63) is 69.2 Å². The number of fused-ring (bicyclic) bond motifs is 2. The zero-order chi connectivity index (χ0) is 22.3. The first kappa shape index (κ1) is 21.0. The van der Waals surface area contributed by atoms with Gasteiger partial charge in [0.1, 0.15) is 16.9 Å². The van der Waals surface area contributed by atoms with E-state index in [4.69, 9.17) is 13.3 Å². The lowest BCUT2D eigenvalue weighted by atomic mass is 9.86. The van der Waals surface area contributed by atoms with Crippen LogP contribution in [0.1, 0.15) is 55.2 Å². The van der Waals surface area contributed by atoms with Crippen LogP contribution in [0, 0.1) is 13.8 Å². The van der Waals surface area contributed by atoms with Gasteiger partial charge in [-0.2, -0.15) is 0 Å². The minimum atomic E-state index is -0.408. The van der Waals surface area contributed by atoms with Crippen LogP contribution in [0.2, 0.25) is 0 Å². The van der Waals surface area contributed by atoms with E-state index in [-0.39, 0.29) is 17.7 Å². The number of aryl methyl sites for hydroxylation is 2. The molecule has 1 amide bonds. The Morgan fingerprint density at radius 3 is 2.52 bits per heavy atom. The number of carbonyl (C=O) groups is 1. The quantitative estimate of drug-likeness (QED) is 0.442. The van der Waals surface area contributed by atoms with Crippen LogP contribution in [0.4, 0.5) is 0 Å². The van der Waals surface area contributed by atoms with E-state index in [9.17, 15) is 9.59 Å².